The first kappa shape index (κ1) is 18.6. The summed E-state index contributed by atoms with van der Waals surface area (Å²) in [6, 6.07) is 18.5. The second kappa shape index (κ2) is 8.92. The quantitative estimate of drug-likeness (QED) is 0.414. The van der Waals surface area contributed by atoms with Gasteiger partial charge in [-0.25, -0.2) is 4.79 Å². The van der Waals surface area contributed by atoms with E-state index in [1.165, 1.54) is 0 Å². The minimum atomic E-state index is -1.69. The van der Waals surface area contributed by atoms with Crippen LogP contribution in [0.1, 0.15) is 11.1 Å². The molecule has 0 N–H and O–H groups in total. The zero-order valence-electron chi connectivity index (χ0n) is 12.5. The zero-order chi connectivity index (χ0) is 17.4. The van der Waals surface area contributed by atoms with Crippen molar-refractivity contribution >= 4 is 46.8 Å². The second-order valence-corrected chi connectivity index (χ2v) is 7.24. The highest BCUT2D eigenvalue weighted by atomic mass is 35.6. The minimum absolute atomic E-state index is 0.133. The lowest BCUT2D eigenvalue weighted by Crippen LogP contribution is -2.17. The molecule has 0 bridgehead atoms. The molecule has 126 valence electrons. The zero-order valence-corrected chi connectivity index (χ0v) is 14.8. The fourth-order valence-corrected chi connectivity index (χ4v) is 1.91. The third-order valence-corrected chi connectivity index (χ3v) is 3.12. The molecule has 0 aromatic heterocycles. The van der Waals surface area contributed by atoms with E-state index in [0.29, 0.717) is 5.56 Å². The number of hydrogen-bond acceptors (Lipinski definition) is 3. The summed E-state index contributed by atoms with van der Waals surface area (Å²) in [5.74, 6) is 0.133. The normalized spacial score (nSPS) is 11.9. The number of carbonyl (C=O) groups is 1. The maximum Gasteiger partial charge on any atom is 0.437 e. The van der Waals surface area contributed by atoms with Crippen molar-refractivity contribution < 1.29 is 14.3 Å². The highest BCUT2D eigenvalue weighted by Crippen LogP contribution is 2.26. The van der Waals surface area contributed by atoms with Crippen LogP contribution in [0.4, 0.5) is 4.79 Å². The van der Waals surface area contributed by atoms with Gasteiger partial charge in [0.1, 0.15) is 13.2 Å². The molecule has 2 aromatic carbocycles. The highest BCUT2D eigenvalue weighted by Gasteiger charge is 2.22. The van der Waals surface area contributed by atoms with E-state index >= 15 is 0 Å². The van der Waals surface area contributed by atoms with Gasteiger partial charge in [0.2, 0.25) is 9.69 Å². The van der Waals surface area contributed by atoms with E-state index in [0.717, 1.165) is 5.56 Å². The Labute approximate surface area is 155 Å². The smallest absolute Gasteiger partial charge is 0.437 e. The Balaban J connectivity index is 2.11. The molecule has 0 aliphatic carbocycles. The van der Waals surface area contributed by atoms with Crippen LogP contribution in [0.2, 0.25) is 0 Å². The van der Waals surface area contributed by atoms with Crippen molar-refractivity contribution in [3.05, 3.63) is 71.8 Å². The van der Waals surface area contributed by atoms with Gasteiger partial charge in [-0.1, -0.05) is 83.3 Å². The Morgan fingerprint density at radius 3 is 2.08 bits per heavy atom. The molecule has 0 saturated carbocycles. The molecule has 0 saturated heterocycles. The molecule has 0 fully saturated rings. The molecule has 0 radical (unpaired) electrons. The van der Waals surface area contributed by atoms with E-state index in [1.54, 1.807) is 12.1 Å². The van der Waals surface area contributed by atoms with Gasteiger partial charge in [-0.15, -0.1) is 4.99 Å². The summed E-state index contributed by atoms with van der Waals surface area (Å²) < 4.78 is 8.78. The molecule has 0 aliphatic heterocycles. The number of carbonyl (C=O) groups excluding carboxylic acids is 1. The lowest BCUT2D eigenvalue weighted by atomic mass is 10.2. The number of amides is 1. The van der Waals surface area contributed by atoms with E-state index in [4.69, 9.17) is 44.3 Å². The predicted octanol–water partition coefficient (Wildman–Crippen LogP) is 5.16. The molecule has 24 heavy (non-hydrogen) atoms. The standard InChI is InChI=1S/C17H14Cl3NO3/c18-17(19,20)12-24-16(22)21-15(14-9-5-2-6-10-14)23-11-13-7-3-1-4-8-13/h1-10H,11-12H2/b21-15+. The van der Waals surface area contributed by atoms with Crippen LogP contribution in [-0.4, -0.2) is 22.4 Å². The third kappa shape index (κ3) is 6.79. The molecular weight excluding hydrogens is 373 g/mol. The van der Waals surface area contributed by atoms with Gasteiger partial charge < -0.3 is 9.47 Å². The summed E-state index contributed by atoms with van der Waals surface area (Å²) in [5, 5.41) is 0. The summed E-state index contributed by atoms with van der Waals surface area (Å²) >= 11 is 16.6. The molecule has 0 aliphatic rings. The predicted molar refractivity (Wildman–Crippen MR) is 95.8 cm³/mol. The molecule has 0 spiro atoms. The van der Waals surface area contributed by atoms with Gasteiger partial charge in [-0.2, -0.15) is 0 Å². The van der Waals surface area contributed by atoms with Gasteiger partial charge in [0.05, 0.1) is 0 Å². The monoisotopic (exact) mass is 385 g/mol. The number of hydrogen-bond donors (Lipinski definition) is 0. The van der Waals surface area contributed by atoms with E-state index in [2.05, 4.69) is 4.99 Å². The Morgan fingerprint density at radius 2 is 1.50 bits per heavy atom. The van der Waals surface area contributed by atoms with Crippen molar-refractivity contribution in [2.24, 2.45) is 4.99 Å². The van der Waals surface area contributed by atoms with Gasteiger partial charge in [0, 0.05) is 5.56 Å². The van der Waals surface area contributed by atoms with Gasteiger partial charge in [-0.05, 0) is 17.7 Å². The molecule has 2 aromatic rings. The van der Waals surface area contributed by atoms with E-state index < -0.39 is 16.5 Å². The fraction of sp³-hybridized carbons (Fsp3) is 0.176. The Hall–Kier alpha value is -1.75. The van der Waals surface area contributed by atoms with Gasteiger partial charge in [0.15, 0.2) is 0 Å². The number of halogens is 3. The van der Waals surface area contributed by atoms with Crippen LogP contribution >= 0.6 is 34.8 Å². The van der Waals surface area contributed by atoms with Crippen molar-refractivity contribution in [2.45, 2.75) is 10.4 Å². The van der Waals surface area contributed by atoms with Gasteiger partial charge in [0.25, 0.3) is 0 Å². The third-order valence-electron chi connectivity index (χ3n) is 2.79. The van der Waals surface area contributed by atoms with Crippen molar-refractivity contribution in [2.75, 3.05) is 6.61 Å². The molecule has 1 amide bonds. The number of ether oxygens (including phenoxy) is 2. The van der Waals surface area contributed by atoms with Crippen LogP contribution in [0.15, 0.2) is 65.7 Å². The number of alkyl halides is 3. The van der Waals surface area contributed by atoms with E-state index in [9.17, 15) is 4.79 Å². The maximum absolute atomic E-state index is 11.8. The summed E-state index contributed by atoms with van der Waals surface area (Å²) in [7, 11) is 0. The number of aliphatic imine (C=N–C) groups is 1. The van der Waals surface area contributed by atoms with Crippen LogP contribution in [0.3, 0.4) is 0 Å². The molecule has 0 atom stereocenters. The Bertz CT molecular complexity index is 685. The molecule has 0 unspecified atom stereocenters. The average Bonchev–Trinajstić information content (AvgIpc) is 2.58. The number of benzene rings is 2. The second-order valence-electron chi connectivity index (χ2n) is 4.73. The van der Waals surface area contributed by atoms with Crippen molar-refractivity contribution in [1.29, 1.82) is 0 Å². The summed E-state index contributed by atoms with van der Waals surface area (Å²) in [4.78, 5) is 15.6. The summed E-state index contributed by atoms with van der Waals surface area (Å²) in [6.07, 6.45) is -0.895. The molecular formula is C17H14Cl3NO3. The topological polar surface area (TPSA) is 47.9 Å². The largest absolute Gasteiger partial charge is 0.472 e. The minimum Gasteiger partial charge on any atom is -0.472 e. The van der Waals surface area contributed by atoms with Crippen molar-refractivity contribution in [1.82, 2.24) is 0 Å². The Kier molecular flexibility index (Phi) is 6.91. The average molecular weight is 387 g/mol. The van der Waals surface area contributed by atoms with E-state index in [1.807, 2.05) is 48.5 Å². The summed E-state index contributed by atoms with van der Waals surface area (Å²) in [6.45, 7) is -0.146. The fourth-order valence-electron chi connectivity index (χ4n) is 1.75. The van der Waals surface area contributed by atoms with Crippen molar-refractivity contribution in [3.63, 3.8) is 0 Å². The van der Waals surface area contributed by atoms with Gasteiger partial charge >= 0.3 is 6.09 Å². The molecule has 0 heterocycles. The SMILES string of the molecule is O=C(/N=C(/OCc1ccccc1)c1ccccc1)OCC(Cl)(Cl)Cl. The highest BCUT2D eigenvalue weighted by molar-refractivity contribution is 6.67. The van der Waals surface area contributed by atoms with Crippen LogP contribution in [0.5, 0.6) is 0 Å². The Morgan fingerprint density at radius 1 is 0.917 bits per heavy atom. The van der Waals surface area contributed by atoms with Gasteiger partial charge in [-0.3, -0.25) is 0 Å². The molecule has 2 rings (SSSR count). The number of nitrogens with zero attached hydrogens (tertiary/aromatic N) is 1. The lowest BCUT2D eigenvalue weighted by Gasteiger charge is -2.11. The van der Waals surface area contributed by atoms with E-state index in [-0.39, 0.29) is 12.5 Å². The first-order valence-corrected chi connectivity index (χ1v) is 8.12. The van der Waals surface area contributed by atoms with Crippen LogP contribution < -0.4 is 0 Å². The number of rotatable bonds is 4. The first-order valence-electron chi connectivity index (χ1n) is 6.98. The molecule has 4 nitrogen and oxygen atoms in total. The van der Waals surface area contributed by atoms with Crippen molar-refractivity contribution in [3.8, 4) is 0 Å². The van der Waals surface area contributed by atoms with Crippen LogP contribution in [0.25, 0.3) is 0 Å². The first-order chi connectivity index (χ1) is 11.4. The lowest BCUT2D eigenvalue weighted by molar-refractivity contribution is 0.158. The maximum atomic E-state index is 11.8. The van der Waals surface area contributed by atoms with Crippen LogP contribution in [-0.2, 0) is 16.1 Å². The van der Waals surface area contributed by atoms with Crippen LogP contribution in [0, 0.1) is 0 Å². The summed E-state index contributed by atoms with van der Waals surface area (Å²) in [5.41, 5.74) is 1.58. The molecule has 7 heteroatoms.